The number of nitriles is 1. The van der Waals surface area contributed by atoms with Crippen molar-refractivity contribution in [3.8, 4) is 6.07 Å². The average molecular weight is 478 g/mol. The van der Waals surface area contributed by atoms with Crippen molar-refractivity contribution in [3.63, 3.8) is 0 Å². The van der Waals surface area contributed by atoms with Crippen LogP contribution in [-0.2, 0) is 16.1 Å². The topological polar surface area (TPSA) is 62.5 Å². The summed E-state index contributed by atoms with van der Waals surface area (Å²) in [5.41, 5.74) is 0.479. The fourth-order valence-electron chi connectivity index (χ4n) is 4.13. The molecule has 0 aliphatic carbocycles. The molecular weight excluding hydrogens is 429 g/mol. The molecule has 1 aromatic carbocycles. The highest BCUT2D eigenvalue weighted by Crippen LogP contribution is 2.16. The van der Waals surface area contributed by atoms with Gasteiger partial charge in [-0.3, -0.25) is 0 Å². The Kier molecular flexibility index (Phi) is 19.8. The number of rotatable bonds is 23. The minimum Gasteiger partial charge on any atom is -0.394 e. The van der Waals surface area contributed by atoms with E-state index in [2.05, 4.69) is 6.92 Å². The van der Waals surface area contributed by atoms with Crippen molar-refractivity contribution in [1.29, 1.82) is 5.26 Å². The van der Waals surface area contributed by atoms with E-state index in [1.807, 2.05) is 6.07 Å². The first-order valence-electron chi connectivity index (χ1n) is 13.7. The van der Waals surface area contributed by atoms with E-state index in [1.165, 1.54) is 102 Å². The standard InChI is InChI=1S/C29H48FNO3/c1-2-3-4-5-6-7-8-9-10-11-12-13-14-15-16-17-21-33-24-27(23-32)34-25-28-26(22-31)19-18-20-29(28)30/h18-20,27,32H,2-17,21,23-25H2,1H3/t27-/m0/s1. The van der Waals surface area contributed by atoms with Crippen molar-refractivity contribution in [2.24, 2.45) is 0 Å². The minimum atomic E-state index is -0.521. The first-order valence-corrected chi connectivity index (χ1v) is 13.7. The molecule has 0 amide bonds. The fourth-order valence-corrected chi connectivity index (χ4v) is 4.13. The number of nitrogens with zero attached hydrogens (tertiary/aromatic N) is 1. The van der Waals surface area contributed by atoms with E-state index < -0.39 is 11.9 Å². The Bertz CT molecular complexity index is 647. The number of halogens is 1. The second-order valence-corrected chi connectivity index (χ2v) is 9.37. The predicted molar refractivity (Wildman–Crippen MR) is 137 cm³/mol. The van der Waals surface area contributed by atoms with E-state index in [9.17, 15) is 9.50 Å². The second kappa shape index (κ2) is 22.0. The van der Waals surface area contributed by atoms with Gasteiger partial charge >= 0.3 is 0 Å². The van der Waals surface area contributed by atoms with Crippen molar-refractivity contribution in [2.45, 2.75) is 122 Å². The lowest BCUT2D eigenvalue weighted by Crippen LogP contribution is -2.24. The summed E-state index contributed by atoms with van der Waals surface area (Å²) < 4.78 is 25.1. The number of aliphatic hydroxyl groups excluding tert-OH is 1. The zero-order valence-electron chi connectivity index (χ0n) is 21.5. The van der Waals surface area contributed by atoms with Crippen molar-refractivity contribution in [3.05, 3.63) is 35.1 Å². The maximum Gasteiger partial charge on any atom is 0.130 e. The van der Waals surface area contributed by atoms with Gasteiger partial charge in [0.25, 0.3) is 0 Å². The van der Waals surface area contributed by atoms with E-state index in [0.717, 1.165) is 12.8 Å². The van der Waals surface area contributed by atoms with Crippen molar-refractivity contribution >= 4 is 0 Å². The minimum absolute atomic E-state index is 0.0524. The maximum atomic E-state index is 13.9. The molecule has 5 heteroatoms. The number of unbranched alkanes of at least 4 members (excludes halogenated alkanes) is 15. The lowest BCUT2D eigenvalue weighted by atomic mass is 10.0. The summed E-state index contributed by atoms with van der Waals surface area (Å²) in [5.74, 6) is -0.468. The highest BCUT2D eigenvalue weighted by molar-refractivity contribution is 5.37. The highest BCUT2D eigenvalue weighted by atomic mass is 19.1. The quantitative estimate of drug-likeness (QED) is 0.163. The monoisotopic (exact) mass is 477 g/mol. The van der Waals surface area contributed by atoms with Gasteiger partial charge in [0.05, 0.1) is 31.5 Å². The predicted octanol–water partition coefficient (Wildman–Crippen LogP) is 7.85. The van der Waals surface area contributed by atoms with Gasteiger partial charge in [0.15, 0.2) is 0 Å². The summed E-state index contributed by atoms with van der Waals surface area (Å²) in [5, 5.41) is 18.6. The lowest BCUT2D eigenvalue weighted by Gasteiger charge is -2.16. The summed E-state index contributed by atoms with van der Waals surface area (Å²) in [6.07, 6.45) is 20.9. The molecule has 1 rings (SSSR count). The van der Waals surface area contributed by atoms with Gasteiger partial charge < -0.3 is 14.6 Å². The van der Waals surface area contributed by atoms with Gasteiger partial charge in [-0.05, 0) is 18.6 Å². The molecule has 0 spiro atoms. The first-order chi connectivity index (χ1) is 16.7. The summed E-state index contributed by atoms with van der Waals surface area (Å²) in [6.45, 7) is 2.93. The smallest absolute Gasteiger partial charge is 0.130 e. The van der Waals surface area contributed by atoms with Crippen LogP contribution in [-0.4, -0.2) is 31.0 Å². The third-order valence-electron chi connectivity index (χ3n) is 6.35. The molecule has 34 heavy (non-hydrogen) atoms. The number of ether oxygens (including phenoxy) is 2. The summed E-state index contributed by atoms with van der Waals surface area (Å²) in [6, 6.07) is 6.34. The third kappa shape index (κ3) is 15.4. The van der Waals surface area contributed by atoms with Crippen LogP contribution in [0.1, 0.15) is 121 Å². The van der Waals surface area contributed by atoms with Gasteiger partial charge in [-0.25, -0.2) is 4.39 Å². The Hall–Kier alpha value is -1.48. The summed E-state index contributed by atoms with van der Waals surface area (Å²) >= 11 is 0. The Morgan fingerprint density at radius 3 is 1.88 bits per heavy atom. The molecule has 0 unspecified atom stereocenters. The first kappa shape index (κ1) is 30.6. The molecule has 0 heterocycles. The Morgan fingerprint density at radius 2 is 1.38 bits per heavy atom. The molecular formula is C29H48FNO3. The molecule has 0 aliphatic rings. The number of benzene rings is 1. The van der Waals surface area contributed by atoms with Crippen LogP contribution in [0.4, 0.5) is 4.39 Å². The van der Waals surface area contributed by atoms with Crippen LogP contribution in [0.15, 0.2) is 18.2 Å². The number of hydrogen-bond acceptors (Lipinski definition) is 4. The third-order valence-corrected chi connectivity index (χ3v) is 6.35. The molecule has 0 radical (unpaired) electrons. The molecule has 1 aromatic rings. The molecule has 0 saturated heterocycles. The van der Waals surface area contributed by atoms with Gasteiger partial charge in [0, 0.05) is 12.2 Å². The molecule has 1 N–H and O–H groups in total. The molecule has 0 aromatic heterocycles. The van der Waals surface area contributed by atoms with Gasteiger partial charge in [-0.2, -0.15) is 5.26 Å². The van der Waals surface area contributed by atoms with E-state index >= 15 is 0 Å². The Morgan fingerprint density at radius 1 is 0.853 bits per heavy atom. The van der Waals surface area contributed by atoms with E-state index in [1.54, 1.807) is 6.07 Å². The summed E-state index contributed by atoms with van der Waals surface area (Å²) in [4.78, 5) is 0. The van der Waals surface area contributed by atoms with Gasteiger partial charge in [-0.1, -0.05) is 109 Å². The van der Waals surface area contributed by atoms with Crippen molar-refractivity contribution < 1.29 is 19.0 Å². The number of aliphatic hydroxyl groups is 1. The van der Waals surface area contributed by atoms with Crippen LogP contribution in [0, 0.1) is 17.1 Å². The maximum absolute atomic E-state index is 13.9. The largest absolute Gasteiger partial charge is 0.394 e. The van der Waals surface area contributed by atoms with Crippen LogP contribution < -0.4 is 0 Å². The Labute approximate surface area is 207 Å². The van der Waals surface area contributed by atoms with Crippen molar-refractivity contribution in [2.75, 3.05) is 19.8 Å². The van der Waals surface area contributed by atoms with Crippen LogP contribution >= 0.6 is 0 Å². The van der Waals surface area contributed by atoms with Crippen molar-refractivity contribution in [1.82, 2.24) is 0 Å². The molecule has 0 bridgehead atoms. The van der Waals surface area contributed by atoms with Gasteiger partial charge in [0.2, 0.25) is 0 Å². The van der Waals surface area contributed by atoms with Crippen LogP contribution in [0.3, 0.4) is 0 Å². The molecule has 0 aliphatic heterocycles. The van der Waals surface area contributed by atoms with E-state index in [0.29, 0.717) is 6.61 Å². The van der Waals surface area contributed by atoms with E-state index in [-0.39, 0.29) is 30.9 Å². The molecule has 4 nitrogen and oxygen atoms in total. The molecule has 0 fully saturated rings. The van der Waals surface area contributed by atoms with E-state index in [4.69, 9.17) is 14.7 Å². The van der Waals surface area contributed by atoms with Gasteiger partial charge in [-0.15, -0.1) is 0 Å². The van der Waals surface area contributed by atoms with Crippen LogP contribution in [0.5, 0.6) is 0 Å². The normalized spacial score (nSPS) is 12.1. The van der Waals surface area contributed by atoms with Crippen LogP contribution in [0.25, 0.3) is 0 Å². The fraction of sp³-hybridized carbons (Fsp3) is 0.759. The van der Waals surface area contributed by atoms with Gasteiger partial charge in [0.1, 0.15) is 11.9 Å². The van der Waals surface area contributed by atoms with Crippen LogP contribution in [0.2, 0.25) is 0 Å². The Balaban J connectivity index is 1.91. The second-order valence-electron chi connectivity index (χ2n) is 9.37. The zero-order valence-corrected chi connectivity index (χ0v) is 21.5. The lowest BCUT2D eigenvalue weighted by molar-refractivity contribution is -0.0509. The average Bonchev–Trinajstić information content (AvgIpc) is 2.85. The molecule has 194 valence electrons. The number of hydrogen-bond donors (Lipinski definition) is 1. The highest BCUT2D eigenvalue weighted by Gasteiger charge is 2.13. The summed E-state index contributed by atoms with van der Waals surface area (Å²) in [7, 11) is 0. The molecule has 0 saturated carbocycles. The molecule has 1 atom stereocenters. The SMILES string of the molecule is CCCCCCCCCCCCCCCCCCOC[C@H](CO)OCc1c(F)cccc1C#N. The zero-order chi connectivity index (χ0) is 24.7.